The van der Waals surface area contributed by atoms with Crippen molar-refractivity contribution >= 4 is 11.9 Å². The molecule has 1 unspecified atom stereocenters. The van der Waals surface area contributed by atoms with E-state index in [0.717, 1.165) is 13.1 Å². The van der Waals surface area contributed by atoms with Crippen molar-refractivity contribution in [1.82, 2.24) is 4.90 Å². The van der Waals surface area contributed by atoms with Crippen LogP contribution in [0.15, 0.2) is 0 Å². The molecule has 90 valence electrons. The van der Waals surface area contributed by atoms with Gasteiger partial charge in [0.1, 0.15) is 5.92 Å². The second-order valence-corrected chi connectivity index (χ2v) is 5.11. The molecule has 0 radical (unpaired) electrons. The van der Waals surface area contributed by atoms with Crippen molar-refractivity contribution in [2.45, 2.75) is 32.6 Å². The van der Waals surface area contributed by atoms with E-state index in [4.69, 9.17) is 5.11 Å². The number of carbonyl (C=O) groups excluding carboxylic acids is 1. The Kier molecular flexibility index (Phi) is 3.17. The SMILES string of the molecule is CC(C(=O)O)C(=O)N1C[C@H]2CCCC[C@H]2C1. The minimum atomic E-state index is -1.01. The third-order valence-electron chi connectivity index (χ3n) is 4.03. The fourth-order valence-electron chi connectivity index (χ4n) is 2.97. The van der Waals surface area contributed by atoms with Gasteiger partial charge in [0.05, 0.1) is 0 Å². The lowest BCUT2D eigenvalue weighted by Gasteiger charge is -2.22. The molecule has 1 heterocycles. The van der Waals surface area contributed by atoms with Crippen LogP contribution >= 0.6 is 0 Å². The number of hydrogen-bond donors (Lipinski definition) is 1. The van der Waals surface area contributed by atoms with E-state index in [1.807, 2.05) is 0 Å². The van der Waals surface area contributed by atoms with E-state index >= 15 is 0 Å². The van der Waals surface area contributed by atoms with E-state index in [2.05, 4.69) is 0 Å². The molecule has 0 aromatic heterocycles. The van der Waals surface area contributed by atoms with Crippen LogP contribution in [0, 0.1) is 17.8 Å². The van der Waals surface area contributed by atoms with Gasteiger partial charge in [0.25, 0.3) is 0 Å². The van der Waals surface area contributed by atoms with Crippen molar-refractivity contribution in [3.05, 3.63) is 0 Å². The lowest BCUT2D eigenvalue weighted by molar-refractivity contribution is -0.149. The Balaban J connectivity index is 1.97. The zero-order chi connectivity index (χ0) is 11.7. The van der Waals surface area contributed by atoms with Gasteiger partial charge in [0, 0.05) is 13.1 Å². The van der Waals surface area contributed by atoms with E-state index in [1.165, 1.54) is 32.6 Å². The zero-order valence-electron chi connectivity index (χ0n) is 9.69. The fourth-order valence-corrected chi connectivity index (χ4v) is 2.97. The standard InChI is InChI=1S/C12H19NO3/c1-8(12(15)16)11(14)13-6-9-4-2-3-5-10(9)7-13/h8-10H,2-7H2,1H3,(H,15,16)/t8?,9-,10+. The molecule has 2 rings (SSSR count). The number of carbonyl (C=O) groups is 2. The third-order valence-corrected chi connectivity index (χ3v) is 4.03. The molecule has 3 atom stereocenters. The minimum Gasteiger partial charge on any atom is -0.481 e. The van der Waals surface area contributed by atoms with Gasteiger partial charge in [-0.05, 0) is 31.6 Å². The van der Waals surface area contributed by atoms with Crippen LogP contribution in [-0.4, -0.2) is 35.0 Å². The summed E-state index contributed by atoms with van der Waals surface area (Å²) in [6, 6.07) is 0. The van der Waals surface area contributed by atoms with Crippen LogP contribution in [0.25, 0.3) is 0 Å². The van der Waals surface area contributed by atoms with Crippen molar-refractivity contribution in [2.75, 3.05) is 13.1 Å². The van der Waals surface area contributed by atoms with Crippen molar-refractivity contribution in [3.8, 4) is 0 Å². The summed E-state index contributed by atoms with van der Waals surface area (Å²) >= 11 is 0. The maximum absolute atomic E-state index is 11.9. The highest BCUT2D eigenvalue weighted by Crippen LogP contribution is 2.36. The topological polar surface area (TPSA) is 57.6 Å². The first-order chi connectivity index (χ1) is 7.59. The van der Waals surface area contributed by atoms with Gasteiger partial charge in [-0.3, -0.25) is 9.59 Å². The van der Waals surface area contributed by atoms with Crippen LogP contribution in [0.1, 0.15) is 32.6 Å². The Hall–Kier alpha value is -1.06. The molecule has 1 aliphatic carbocycles. The number of carboxylic acids is 1. The summed E-state index contributed by atoms with van der Waals surface area (Å²) in [6.07, 6.45) is 4.93. The lowest BCUT2D eigenvalue weighted by Crippen LogP contribution is -2.36. The van der Waals surface area contributed by atoms with Gasteiger partial charge in [-0.25, -0.2) is 0 Å². The second-order valence-electron chi connectivity index (χ2n) is 5.11. The predicted octanol–water partition coefficient (Wildman–Crippen LogP) is 1.36. The van der Waals surface area contributed by atoms with Gasteiger partial charge in [0.15, 0.2) is 0 Å². The average Bonchev–Trinajstić information content (AvgIpc) is 2.70. The first-order valence-electron chi connectivity index (χ1n) is 6.11. The van der Waals surface area contributed by atoms with Gasteiger partial charge < -0.3 is 10.0 Å². The molecule has 0 bridgehead atoms. The van der Waals surface area contributed by atoms with Crippen LogP contribution in [0.2, 0.25) is 0 Å². The molecule has 1 aliphatic heterocycles. The van der Waals surface area contributed by atoms with E-state index < -0.39 is 11.9 Å². The van der Waals surface area contributed by atoms with Gasteiger partial charge in [-0.2, -0.15) is 0 Å². The summed E-state index contributed by atoms with van der Waals surface area (Å²) in [4.78, 5) is 24.4. The molecule has 1 amide bonds. The molecule has 2 fully saturated rings. The molecule has 0 spiro atoms. The highest BCUT2D eigenvalue weighted by molar-refractivity contribution is 5.96. The quantitative estimate of drug-likeness (QED) is 0.722. The molecule has 16 heavy (non-hydrogen) atoms. The number of amides is 1. The number of carboxylic acid groups (broad SMARTS) is 1. The number of fused-ring (bicyclic) bond motifs is 1. The highest BCUT2D eigenvalue weighted by atomic mass is 16.4. The predicted molar refractivity (Wildman–Crippen MR) is 58.8 cm³/mol. The largest absolute Gasteiger partial charge is 0.481 e. The Morgan fingerprint density at radius 2 is 1.69 bits per heavy atom. The summed E-state index contributed by atoms with van der Waals surface area (Å²) < 4.78 is 0. The van der Waals surface area contributed by atoms with E-state index in [9.17, 15) is 9.59 Å². The Morgan fingerprint density at radius 1 is 1.19 bits per heavy atom. The van der Waals surface area contributed by atoms with Gasteiger partial charge in [0.2, 0.25) is 5.91 Å². The normalized spacial score (nSPS) is 30.9. The fraction of sp³-hybridized carbons (Fsp3) is 0.833. The number of nitrogens with zero attached hydrogens (tertiary/aromatic N) is 1. The number of aliphatic carboxylic acids is 1. The summed E-state index contributed by atoms with van der Waals surface area (Å²) in [6.45, 7) is 3.04. The molecular formula is C12H19NO3. The van der Waals surface area contributed by atoms with Gasteiger partial charge in [-0.1, -0.05) is 12.8 Å². The van der Waals surface area contributed by atoms with Gasteiger partial charge in [-0.15, -0.1) is 0 Å². The van der Waals surface area contributed by atoms with Gasteiger partial charge >= 0.3 is 5.97 Å². The smallest absolute Gasteiger partial charge is 0.315 e. The Labute approximate surface area is 95.6 Å². The number of hydrogen-bond acceptors (Lipinski definition) is 2. The van der Waals surface area contributed by atoms with Crippen LogP contribution in [-0.2, 0) is 9.59 Å². The monoisotopic (exact) mass is 225 g/mol. The number of rotatable bonds is 2. The molecule has 0 aromatic rings. The lowest BCUT2D eigenvalue weighted by atomic mass is 9.82. The molecule has 0 aromatic carbocycles. The molecule has 1 saturated heterocycles. The van der Waals surface area contributed by atoms with E-state index in [0.29, 0.717) is 11.8 Å². The average molecular weight is 225 g/mol. The molecule has 1 saturated carbocycles. The summed E-state index contributed by atoms with van der Waals surface area (Å²) in [7, 11) is 0. The molecule has 4 nitrogen and oxygen atoms in total. The summed E-state index contributed by atoms with van der Waals surface area (Å²) in [5, 5.41) is 8.82. The second kappa shape index (κ2) is 4.44. The number of likely N-dealkylation sites (tertiary alicyclic amines) is 1. The van der Waals surface area contributed by atoms with E-state index in [1.54, 1.807) is 4.90 Å². The van der Waals surface area contributed by atoms with Crippen molar-refractivity contribution < 1.29 is 14.7 Å². The summed E-state index contributed by atoms with van der Waals surface area (Å²) in [5.41, 5.74) is 0. The van der Waals surface area contributed by atoms with Crippen LogP contribution in [0.3, 0.4) is 0 Å². The van der Waals surface area contributed by atoms with Crippen molar-refractivity contribution in [3.63, 3.8) is 0 Å². The van der Waals surface area contributed by atoms with Crippen LogP contribution in [0.5, 0.6) is 0 Å². The minimum absolute atomic E-state index is 0.207. The van der Waals surface area contributed by atoms with Crippen LogP contribution in [0.4, 0.5) is 0 Å². The first-order valence-corrected chi connectivity index (χ1v) is 6.11. The summed E-state index contributed by atoms with van der Waals surface area (Å²) in [5.74, 6) is -0.862. The zero-order valence-corrected chi connectivity index (χ0v) is 9.69. The maximum atomic E-state index is 11.9. The first kappa shape index (κ1) is 11.4. The molecule has 4 heteroatoms. The maximum Gasteiger partial charge on any atom is 0.315 e. The van der Waals surface area contributed by atoms with E-state index in [-0.39, 0.29) is 5.91 Å². The van der Waals surface area contributed by atoms with Crippen molar-refractivity contribution in [2.24, 2.45) is 17.8 Å². The Bertz CT molecular complexity index is 289. The molecule has 2 aliphatic rings. The third kappa shape index (κ3) is 2.06. The molecule has 1 N–H and O–H groups in total. The molecular weight excluding hydrogens is 206 g/mol. The van der Waals surface area contributed by atoms with Crippen molar-refractivity contribution in [1.29, 1.82) is 0 Å². The highest BCUT2D eigenvalue weighted by Gasteiger charge is 2.38. The Morgan fingerprint density at radius 3 is 2.12 bits per heavy atom. The van der Waals surface area contributed by atoms with Crippen LogP contribution < -0.4 is 0 Å².